The number of nitrogens with zero attached hydrogens (tertiary/aromatic N) is 1. The van der Waals surface area contributed by atoms with Gasteiger partial charge in [-0.05, 0) is 37.1 Å². The molecular formula is C20H30N2O5S2. The largest absolute Gasteiger partial charge is 0.455 e. The summed E-state index contributed by atoms with van der Waals surface area (Å²) in [4.78, 5) is 24.4. The molecule has 2 fully saturated rings. The second-order valence-corrected chi connectivity index (χ2v) is 10.9. The van der Waals surface area contributed by atoms with E-state index in [0.717, 1.165) is 25.7 Å². The Balaban J connectivity index is 1.40. The lowest BCUT2D eigenvalue weighted by Crippen LogP contribution is -2.41. The number of hydrogen-bond donors (Lipinski definition) is 1. The van der Waals surface area contributed by atoms with Crippen LogP contribution in [0.25, 0.3) is 0 Å². The van der Waals surface area contributed by atoms with Crippen LogP contribution < -0.4 is 5.32 Å². The predicted octanol–water partition coefficient (Wildman–Crippen LogP) is 2.92. The molecule has 1 N–H and O–H groups in total. The van der Waals surface area contributed by atoms with Gasteiger partial charge >= 0.3 is 5.97 Å². The Hall–Kier alpha value is -1.45. The Morgan fingerprint density at radius 2 is 1.72 bits per heavy atom. The number of piperidine rings is 1. The van der Waals surface area contributed by atoms with Gasteiger partial charge in [-0.15, -0.1) is 11.3 Å². The van der Waals surface area contributed by atoms with Crippen LogP contribution in [0.5, 0.6) is 0 Å². The molecule has 1 amide bonds. The molecule has 1 saturated carbocycles. The van der Waals surface area contributed by atoms with Crippen molar-refractivity contribution in [1.29, 1.82) is 0 Å². The van der Waals surface area contributed by atoms with E-state index in [1.165, 1.54) is 34.9 Å². The molecule has 1 saturated heterocycles. The number of ether oxygens (including phenoxy) is 1. The molecule has 2 heterocycles. The molecule has 1 aliphatic carbocycles. The van der Waals surface area contributed by atoms with Crippen LogP contribution in [0.4, 0.5) is 0 Å². The quantitative estimate of drug-likeness (QED) is 0.684. The van der Waals surface area contributed by atoms with Crippen molar-refractivity contribution < 1.29 is 22.7 Å². The molecule has 162 valence electrons. The minimum Gasteiger partial charge on any atom is -0.455 e. The Morgan fingerprint density at radius 1 is 1.07 bits per heavy atom. The summed E-state index contributed by atoms with van der Waals surface area (Å²) in [5.41, 5.74) is 0. The number of esters is 1. The zero-order chi connectivity index (χ0) is 20.7. The van der Waals surface area contributed by atoms with Crippen molar-refractivity contribution in [3.63, 3.8) is 0 Å². The van der Waals surface area contributed by atoms with Crippen molar-refractivity contribution in [2.24, 2.45) is 5.92 Å². The van der Waals surface area contributed by atoms with Crippen molar-refractivity contribution in [2.75, 3.05) is 19.7 Å². The first kappa shape index (κ1) is 22.2. The average Bonchev–Trinajstić information content (AvgIpc) is 3.24. The third-order valence-electron chi connectivity index (χ3n) is 5.69. The van der Waals surface area contributed by atoms with E-state index < -0.39 is 16.0 Å². The fourth-order valence-electron chi connectivity index (χ4n) is 3.99. The summed E-state index contributed by atoms with van der Waals surface area (Å²) in [6.07, 6.45) is 8.72. The second-order valence-electron chi connectivity index (χ2n) is 7.83. The standard InChI is InChI=1S/C20H30N2O5S2/c23-18(21-17-7-4-2-1-3-5-8-17)15-27-20(24)16-10-12-22(13-11-16)29(25,26)19-9-6-14-28-19/h6,9,14,16-17H,1-5,7-8,10-13,15H2,(H,21,23). The average molecular weight is 443 g/mol. The minimum atomic E-state index is -3.48. The van der Waals surface area contributed by atoms with Gasteiger partial charge < -0.3 is 10.1 Å². The topological polar surface area (TPSA) is 92.8 Å². The number of nitrogens with one attached hydrogen (secondary N) is 1. The molecule has 0 bridgehead atoms. The van der Waals surface area contributed by atoms with Crippen LogP contribution in [0.3, 0.4) is 0 Å². The fraction of sp³-hybridized carbons (Fsp3) is 0.700. The van der Waals surface area contributed by atoms with Gasteiger partial charge in [0.1, 0.15) is 4.21 Å². The Labute approximate surface area is 176 Å². The number of hydrogen-bond acceptors (Lipinski definition) is 6. The van der Waals surface area contributed by atoms with E-state index in [1.54, 1.807) is 17.5 Å². The van der Waals surface area contributed by atoms with E-state index in [0.29, 0.717) is 17.1 Å². The highest BCUT2D eigenvalue weighted by molar-refractivity contribution is 7.91. The van der Waals surface area contributed by atoms with Crippen LogP contribution in [0.2, 0.25) is 0 Å². The van der Waals surface area contributed by atoms with Gasteiger partial charge in [-0.25, -0.2) is 8.42 Å². The molecule has 2 aliphatic rings. The number of amides is 1. The smallest absolute Gasteiger partial charge is 0.309 e. The number of carbonyl (C=O) groups is 2. The van der Waals surface area contributed by atoms with Gasteiger partial charge in [0.15, 0.2) is 6.61 Å². The lowest BCUT2D eigenvalue weighted by Gasteiger charge is -2.29. The summed E-state index contributed by atoms with van der Waals surface area (Å²) >= 11 is 1.19. The first-order valence-corrected chi connectivity index (χ1v) is 12.8. The Morgan fingerprint density at radius 3 is 2.34 bits per heavy atom. The molecule has 9 heteroatoms. The van der Waals surface area contributed by atoms with Gasteiger partial charge in [-0.2, -0.15) is 4.31 Å². The third kappa shape index (κ3) is 6.26. The van der Waals surface area contributed by atoms with E-state index in [4.69, 9.17) is 4.74 Å². The maximum Gasteiger partial charge on any atom is 0.309 e. The maximum atomic E-state index is 12.5. The number of carbonyl (C=O) groups excluding carboxylic acids is 2. The molecule has 29 heavy (non-hydrogen) atoms. The molecule has 1 aromatic rings. The van der Waals surface area contributed by atoms with E-state index >= 15 is 0 Å². The highest BCUT2D eigenvalue weighted by Crippen LogP contribution is 2.26. The highest BCUT2D eigenvalue weighted by Gasteiger charge is 2.33. The van der Waals surface area contributed by atoms with Crippen molar-refractivity contribution in [2.45, 2.75) is 68.0 Å². The molecule has 0 unspecified atom stereocenters. The molecule has 0 radical (unpaired) electrons. The van der Waals surface area contributed by atoms with Crippen molar-refractivity contribution in [3.8, 4) is 0 Å². The molecule has 3 rings (SSSR count). The summed E-state index contributed by atoms with van der Waals surface area (Å²) in [5, 5.41) is 4.72. The number of rotatable bonds is 6. The normalized spacial score (nSPS) is 20.6. The Kier molecular flexibility index (Phi) is 8.08. The van der Waals surface area contributed by atoms with Crippen molar-refractivity contribution in [1.82, 2.24) is 9.62 Å². The van der Waals surface area contributed by atoms with Crippen LogP contribution in [0, 0.1) is 5.92 Å². The molecule has 1 aliphatic heterocycles. The monoisotopic (exact) mass is 442 g/mol. The van der Waals surface area contributed by atoms with Gasteiger partial charge in [-0.1, -0.05) is 38.2 Å². The van der Waals surface area contributed by atoms with Gasteiger partial charge in [0.05, 0.1) is 5.92 Å². The van der Waals surface area contributed by atoms with Crippen LogP contribution in [-0.2, 0) is 24.3 Å². The lowest BCUT2D eigenvalue weighted by molar-refractivity contribution is -0.153. The van der Waals surface area contributed by atoms with E-state index in [2.05, 4.69) is 5.32 Å². The van der Waals surface area contributed by atoms with E-state index in [-0.39, 0.29) is 37.6 Å². The molecule has 0 aromatic carbocycles. The van der Waals surface area contributed by atoms with E-state index in [1.807, 2.05) is 0 Å². The molecule has 1 aromatic heterocycles. The molecule has 7 nitrogen and oxygen atoms in total. The summed E-state index contributed by atoms with van der Waals surface area (Å²) in [6.45, 7) is 0.311. The first-order valence-electron chi connectivity index (χ1n) is 10.5. The Bertz CT molecular complexity index is 763. The second kappa shape index (κ2) is 10.5. The van der Waals surface area contributed by atoms with Crippen LogP contribution in [0.15, 0.2) is 21.7 Å². The zero-order valence-corrected chi connectivity index (χ0v) is 18.3. The fourth-order valence-corrected chi connectivity index (χ4v) is 6.61. The van der Waals surface area contributed by atoms with Crippen LogP contribution >= 0.6 is 11.3 Å². The SMILES string of the molecule is O=C(COC(=O)C1CCN(S(=O)(=O)c2cccs2)CC1)NC1CCCCCCC1. The lowest BCUT2D eigenvalue weighted by atomic mass is 9.97. The van der Waals surface area contributed by atoms with Crippen LogP contribution in [0.1, 0.15) is 57.8 Å². The number of sulfonamides is 1. The summed E-state index contributed by atoms with van der Waals surface area (Å²) in [6, 6.07) is 3.48. The van der Waals surface area contributed by atoms with Crippen LogP contribution in [-0.4, -0.2) is 50.3 Å². The zero-order valence-electron chi connectivity index (χ0n) is 16.7. The third-order valence-corrected chi connectivity index (χ3v) is 8.96. The summed E-state index contributed by atoms with van der Waals surface area (Å²) < 4.78 is 32.0. The maximum absolute atomic E-state index is 12.5. The summed E-state index contributed by atoms with van der Waals surface area (Å²) in [7, 11) is -3.48. The van der Waals surface area contributed by atoms with Crippen molar-refractivity contribution >= 4 is 33.2 Å². The van der Waals surface area contributed by atoms with Gasteiger partial charge in [-0.3, -0.25) is 9.59 Å². The summed E-state index contributed by atoms with van der Waals surface area (Å²) in [5.74, 6) is -1.02. The van der Waals surface area contributed by atoms with Gasteiger partial charge in [0.2, 0.25) is 0 Å². The molecule has 0 atom stereocenters. The molecular weight excluding hydrogens is 412 g/mol. The molecule has 0 spiro atoms. The highest BCUT2D eigenvalue weighted by atomic mass is 32.2. The van der Waals surface area contributed by atoms with E-state index in [9.17, 15) is 18.0 Å². The van der Waals surface area contributed by atoms with Gasteiger partial charge in [0.25, 0.3) is 15.9 Å². The van der Waals surface area contributed by atoms with Gasteiger partial charge in [0, 0.05) is 19.1 Å². The first-order chi connectivity index (χ1) is 14.0. The minimum absolute atomic E-state index is 0.173. The van der Waals surface area contributed by atoms with Crippen molar-refractivity contribution in [3.05, 3.63) is 17.5 Å². The predicted molar refractivity (Wildman–Crippen MR) is 111 cm³/mol. The number of thiophene rings is 1.